The molecule has 5 N–H and O–H groups in total. The van der Waals surface area contributed by atoms with Crippen LogP contribution in [0.25, 0.3) is 0 Å². The minimum Gasteiger partial charge on any atom is -0.381 e. The van der Waals surface area contributed by atoms with Crippen molar-refractivity contribution in [3.8, 4) is 0 Å². The molecule has 0 fully saturated rings. The lowest BCUT2D eigenvalue weighted by Gasteiger charge is -2.17. The topological polar surface area (TPSA) is 177 Å². The highest BCUT2D eigenvalue weighted by atomic mass is 16.5. The minimum atomic E-state index is -0.745. The molecule has 0 spiro atoms. The maximum Gasteiger partial charge on any atom is 0.253 e. The lowest BCUT2D eigenvalue weighted by Crippen LogP contribution is -2.43. The number of hydrogen-bond acceptors (Lipinski definition) is 7. The van der Waals surface area contributed by atoms with Gasteiger partial charge < -0.3 is 26.4 Å². The molecule has 12 heteroatoms. The smallest absolute Gasteiger partial charge is 0.253 e. The molecule has 1 heterocycles. The average Bonchev–Trinajstić information content (AvgIpc) is 3.01. The zero-order valence-corrected chi connectivity index (χ0v) is 17.5. The molecule has 12 nitrogen and oxygen atoms in total. The summed E-state index contributed by atoms with van der Waals surface area (Å²) in [6.07, 6.45) is 1.99. The SMILES string of the molecule is CCOCCC(=O)NC(CC(N)=O)CC(=O)NCCNC(=O)CCN1C(=O)C=CC1=O. The van der Waals surface area contributed by atoms with Gasteiger partial charge in [-0.25, -0.2) is 0 Å². The first kappa shape index (κ1) is 25.8. The van der Waals surface area contributed by atoms with Gasteiger partial charge in [0.15, 0.2) is 0 Å². The van der Waals surface area contributed by atoms with Crippen molar-refractivity contribution in [1.29, 1.82) is 0 Å². The van der Waals surface area contributed by atoms with Crippen molar-refractivity contribution in [3.63, 3.8) is 0 Å². The fourth-order valence-corrected chi connectivity index (χ4v) is 2.68. The third kappa shape index (κ3) is 10.9. The summed E-state index contributed by atoms with van der Waals surface area (Å²) in [5, 5.41) is 7.71. The van der Waals surface area contributed by atoms with Crippen LogP contribution in [-0.4, -0.2) is 79.2 Å². The monoisotopic (exact) mass is 439 g/mol. The summed E-state index contributed by atoms with van der Waals surface area (Å²) >= 11 is 0. The first-order valence-corrected chi connectivity index (χ1v) is 9.95. The molecule has 0 aromatic rings. The zero-order chi connectivity index (χ0) is 23.2. The Morgan fingerprint density at radius 1 is 0.968 bits per heavy atom. The van der Waals surface area contributed by atoms with Gasteiger partial charge in [0.1, 0.15) is 0 Å². The van der Waals surface area contributed by atoms with E-state index in [1.165, 1.54) is 0 Å². The van der Waals surface area contributed by atoms with Crippen LogP contribution in [0.15, 0.2) is 12.2 Å². The number of nitrogens with zero attached hydrogens (tertiary/aromatic N) is 1. The van der Waals surface area contributed by atoms with Crippen LogP contribution in [0.4, 0.5) is 0 Å². The molecule has 1 atom stereocenters. The number of rotatable bonds is 15. The maximum absolute atomic E-state index is 12.1. The molecule has 1 unspecified atom stereocenters. The quantitative estimate of drug-likeness (QED) is 0.164. The standard InChI is InChI=1S/C19H29N5O7/c1-2-31-10-6-16(27)23-13(11-14(20)25)12-17(28)22-8-7-21-15(26)5-9-24-18(29)3-4-19(24)30/h3-4,13H,2,5-12H2,1H3,(H2,20,25)(H,21,26)(H,22,28)(H,23,27). The summed E-state index contributed by atoms with van der Waals surface area (Å²) in [5.74, 6) is -2.73. The van der Waals surface area contributed by atoms with Crippen molar-refractivity contribution in [1.82, 2.24) is 20.9 Å². The number of imide groups is 1. The summed E-state index contributed by atoms with van der Waals surface area (Å²) in [6, 6.07) is -0.745. The fourth-order valence-electron chi connectivity index (χ4n) is 2.68. The number of nitrogens with one attached hydrogen (secondary N) is 3. The predicted molar refractivity (Wildman–Crippen MR) is 108 cm³/mol. The number of primary amides is 1. The molecule has 0 aromatic heterocycles. The second kappa shape index (κ2) is 13.9. The van der Waals surface area contributed by atoms with Crippen molar-refractivity contribution >= 4 is 35.4 Å². The summed E-state index contributed by atoms with van der Waals surface area (Å²) in [7, 11) is 0. The van der Waals surface area contributed by atoms with E-state index in [0.29, 0.717) is 6.61 Å². The third-order valence-corrected chi connectivity index (χ3v) is 4.15. The number of amides is 6. The Morgan fingerprint density at radius 3 is 2.16 bits per heavy atom. The van der Waals surface area contributed by atoms with Crippen molar-refractivity contribution < 1.29 is 33.5 Å². The van der Waals surface area contributed by atoms with Gasteiger partial charge in [-0.2, -0.15) is 0 Å². The summed E-state index contributed by atoms with van der Waals surface area (Å²) in [5.41, 5.74) is 5.17. The first-order chi connectivity index (χ1) is 14.7. The number of hydrogen-bond donors (Lipinski definition) is 4. The maximum atomic E-state index is 12.1. The Balaban J connectivity index is 2.26. The molecule has 0 saturated carbocycles. The van der Waals surface area contributed by atoms with Crippen LogP contribution >= 0.6 is 0 Å². The van der Waals surface area contributed by atoms with Crippen LogP contribution in [0.3, 0.4) is 0 Å². The van der Waals surface area contributed by atoms with Gasteiger partial charge in [-0.05, 0) is 6.92 Å². The second-order valence-corrected chi connectivity index (χ2v) is 6.70. The van der Waals surface area contributed by atoms with Crippen LogP contribution in [0.5, 0.6) is 0 Å². The predicted octanol–water partition coefficient (Wildman–Crippen LogP) is -2.29. The highest BCUT2D eigenvalue weighted by molar-refractivity contribution is 6.13. The molecular weight excluding hydrogens is 410 g/mol. The van der Waals surface area contributed by atoms with Gasteiger partial charge in [0.25, 0.3) is 11.8 Å². The van der Waals surface area contributed by atoms with E-state index in [9.17, 15) is 28.8 Å². The molecule has 0 aromatic carbocycles. The lowest BCUT2D eigenvalue weighted by atomic mass is 10.1. The molecule has 0 saturated heterocycles. The van der Waals surface area contributed by atoms with Crippen molar-refractivity contribution in [3.05, 3.63) is 12.2 Å². The first-order valence-electron chi connectivity index (χ1n) is 9.95. The Morgan fingerprint density at radius 2 is 1.58 bits per heavy atom. The molecule has 6 amide bonds. The molecule has 0 bridgehead atoms. The van der Waals surface area contributed by atoms with Gasteiger partial charge in [-0.15, -0.1) is 0 Å². The van der Waals surface area contributed by atoms with E-state index in [1.807, 2.05) is 0 Å². The number of carbonyl (C=O) groups excluding carboxylic acids is 6. The molecule has 1 rings (SSSR count). The Bertz CT molecular complexity index is 704. The van der Waals surface area contributed by atoms with Gasteiger partial charge in [-0.3, -0.25) is 33.7 Å². The van der Waals surface area contributed by atoms with Crippen LogP contribution in [-0.2, 0) is 33.5 Å². The van der Waals surface area contributed by atoms with Gasteiger partial charge in [0.05, 0.1) is 6.61 Å². The Kier molecular flexibility index (Phi) is 11.5. The van der Waals surface area contributed by atoms with Gasteiger partial charge in [0.2, 0.25) is 23.6 Å². The van der Waals surface area contributed by atoms with E-state index >= 15 is 0 Å². The van der Waals surface area contributed by atoms with Crippen LogP contribution < -0.4 is 21.7 Å². The summed E-state index contributed by atoms with van der Waals surface area (Å²) < 4.78 is 5.08. The molecular formula is C19H29N5O7. The van der Waals surface area contributed by atoms with Crippen molar-refractivity contribution in [2.24, 2.45) is 5.73 Å². The Labute approximate surface area is 179 Å². The highest BCUT2D eigenvalue weighted by Crippen LogP contribution is 2.04. The van der Waals surface area contributed by atoms with E-state index in [0.717, 1.165) is 17.1 Å². The molecule has 0 aliphatic carbocycles. The van der Waals surface area contributed by atoms with Crippen LogP contribution in [0.1, 0.15) is 32.6 Å². The van der Waals surface area contributed by atoms with Crippen molar-refractivity contribution in [2.45, 2.75) is 38.6 Å². The van der Waals surface area contributed by atoms with Crippen LogP contribution in [0, 0.1) is 0 Å². The van der Waals surface area contributed by atoms with E-state index in [4.69, 9.17) is 10.5 Å². The number of ether oxygens (including phenoxy) is 1. The van der Waals surface area contributed by atoms with Crippen LogP contribution in [0.2, 0.25) is 0 Å². The van der Waals surface area contributed by atoms with E-state index in [-0.39, 0.29) is 63.7 Å². The summed E-state index contributed by atoms with van der Waals surface area (Å²) in [6.45, 7) is 2.73. The largest absolute Gasteiger partial charge is 0.381 e. The molecule has 172 valence electrons. The van der Waals surface area contributed by atoms with E-state index in [2.05, 4.69) is 16.0 Å². The molecule has 31 heavy (non-hydrogen) atoms. The Hall–Kier alpha value is -3.28. The average molecular weight is 439 g/mol. The van der Waals surface area contributed by atoms with Gasteiger partial charge in [-0.1, -0.05) is 0 Å². The number of nitrogens with two attached hydrogens (primary N) is 1. The van der Waals surface area contributed by atoms with Gasteiger partial charge >= 0.3 is 0 Å². The zero-order valence-electron chi connectivity index (χ0n) is 17.5. The van der Waals surface area contributed by atoms with E-state index < -0.39 is 29.7 Å². The van der Waals surface area contributed by atoms with Gasteiger partial charge in [0, 0.05) is 70.1 Å². The highest BCUT2D eigenvalue weighted by Gasteiger charge is 2.23. The second-order valence-electron chi connectivity index (χ2n) is 6.70. The molecule has 1 aliphatic heterocycles. The lowest BCUT2D eigenvalue weighted by molar-refractivity contribution is -0.137. The number of carbonyl (C=O) groups is 6. The summed E-state index contributed by atoms with van der Waals surface area (Å²) in [4.78, 5) is 70.6. The molecule has 0 radical (unpaired) electrons. The molecule has 1 aliphatic rings. The minimum absolute atomic E-state index is 0.0271. The third-order valence-electron chi connectivity index (χ3n) is 4.15. The van der Waals surface area contributed by atoms with E-state index in [1.54, 1.807) is 6.92 Å². The fraction of sp³-hybridized carbons (Fsp3) is 0.579. The van der Waals surface area contributed by atoms with Crippen molar-refractivity contribution in [2.75, 3.05) is 32.8 Å². The normalized spacial score (nSPS) is 13.8.